The molecule has 0 saturated heterocycles. The van der Waals surface area contributed by atoms with E-state index in [2.05, 4.69) is 0 Å². The molecule has 2 nitrogen and oxygen atoms in total. The van der Waals surface area contributed by atoms with Crippen LogP contribution in [0.5, 0.6) is 5.75 Å². The fraction of sp³-hybridized carbons (Fsp3) is 0.200. The van der Waals surface area contributed by atoms with Crippen molar-refractivity contribution in [2.24, 2.45) is 5.73 Å². The predicted octanol–water partition coefficient (Wildman–Crippen LogP) is 4.58. The van der Waals surface area contributed by atoms with Gasteiger partial charge in [0, 0.05) is 39.2 Å². The number of hydrogen-bond acceptors (Lipinski definition) is 2. The molecule has 1 heterocycles. The fourth-order valence-corrected chi connectivity index (χ4v) is 3.06. The molecule has 1 atom stereocenters. The number of ether oxygens (including phenoxy) is 1. The molecule has 0 bridgehead atoms. The fourth-order valence-electron chi connectivity index (χ4n) is 2.43. The van der Waals surface area contributed by atoms with Crippen molar-refractivity contribution in [2.75, 3.05) is 6.54 Å². The number of benzene rings is 2. The van der Waals surface area contributed by atoms with E-state index in [1.165, 1.54) is 0 Å². The Morgan fingerprint density at radius 1 is 1.05 bits per heavy atom. The summed E-state index contributed by atoms with van der Waals surface area (Å²) in [5.74, 6) is 0.800. The molecule has 2 aromatic carbocycles. The monoisotopic (exact) mass is 327 g/mol. The lowest BCUT2D eigenvalue weighted by molar-refractivity contribution is 0.242. The second-order valence-electron chi connectivity index (χ2n) is 4.75. The van der Waals surface area contributed by atoms with E-state index < -0.39 is 0 Å². The Bertz CT molecular complexity index is 672. The van der Waals surface area contributed by atoms with Gasteiger partial charge in [-0.05, 0) is 35.9 Å². The topological polar surface area (TPSA) is 35.2 Å². The molecule has 0 spiro atoms. The van der Waals surface area contributed by atoms with Crippen LogP contribution in [-0.2, 0) is 6.42 Å². The van der Waals surface area contributed by atoms with Gasteiger partial charge in [0.25, 0.3) is 0 Å². The van der Waals surface area contributed by atoms with E-state index in [1.54, 1.807) is 12.1 Å². The van der Waals surface area contributed by atoms with Crippen molar-refractivity contribution >= 4 is 34.8 Å². The van der Waals surface area contributed by atoms with Crippen LogP contribution < -0.4 is 10.5 Å². The van der Waals surface area contributed by atoms with Crippen LogP contribution in [0.15, 0.2) is 30.3 Å². The van der Waals surface area contributed by atoms with Crippen LogP contribution >= 0.6 is 34.8 Å². The summed E-state index contributed by atoms with van der Waals surface area (Å²) in [6, 6.07) is 9.09. The lowest BCUT2D eigenvalue weighted by Gasteiger charge is -2.13. The molecule has 2 aromatic rings. The standard InChI is InChI=1S/C15H12Cl3NO/c16-9-1-2-14(18)12(5-9)13-6-10(17)3-8-4-11(7-19)20-15(8)13/h1-3,5-6,11H,4,7,19H2/t11-/m1/s1. The molecular formula is C15H12Cl3NO. The molecule has 0 saturated carbocycles. The van der Waals surface area contributed by atoms with Gasteiger partial charge in [-0.15, -0.1) is 0 Å². The first-order valence-corrected chi connectivity index (χ1v) is 7.36. The number of fused-ring (bicyclic) bond motifs is 1. The summed E-state index contributed by atoms with van der Waals surface area (Å²) in [4.78, 5) is 0. The van der Waals surface area contributed by atoms with E-state index in [1.807, 2.05) is 18.2 Å². The molecule has 20 heavy (non-hydrogen) atoms. The van der Waals surface area contributed by atoms with E-state index >= 15 is 0 Å². The Morgan fingerprint density at radius 2 is 1.80 bits per heavy atom. The van der Waals surface area contributed by atoms with Crippen molar-refractivity contribution in [3.63, 3.8) is 0 Å². The van der Waals surface area contributed by atoms with Crippen LogP contribution in [0.4, 0.5) is 0 Å². The minimum atomic E-state index is -0.0137. The zero-order chi connectivity index (χ0) is 14.3. The molecule has 104 valence electrons. The third-order valence-corrected chi connectivity index (χ3v) is 4.13. The molecule has 0 radical (unpaired) electrons. The minimum absolute atomic E-state index is 0.0137. The van der Waals surface area contributed by atoms with E-state index in [9.17, 15) is 0 Å². The van der Waals surface area contributed by atoms with Gasteiger partial charge in [-0.1, -0.05) is 34.8 Å². The molecule has 0 unspecified atom stereocenters. The molecule has 0 aliphatic carbocycles. The summed E-state index contributed by atoms with van der Waals surface area (Å²) < 4.78 is 5.91. The zero-order valence-electron chi connectivity index (χ0n) is 10.5. The highest BCUT2D eigenvalue weighted by Gasteiger charge is 2.26. The highest BCUT2D eigenvalue weighted by Crippen LogP contribution is 2.43. The molecule has 3 rings (SSSR count). The van der Waals surface area contributed by atoms with Gasteiger partial charge >= 0.3 is 0 Å². The predicted molar refractivity (Wildman–Crippen MR) is 84.1 cm³/mol. The number of halogens is 3. The summed E-state index contributed by atoms with van der Waals surface area (Å²) in [5.41, 5.74) is 8.42. The van der Waals surface area contributed by atoms with Crippen molar-refractivity contribution in [1.82, 2.24) is 0 Å². The quantitative estimate of drug-likeness (QED) is 0.876. The van der Waals surface area contributed by atoms with Gasteiger partial charge in [0.05, 0.1) is 0 Å². The van der Waals surface area contributed by atoms with Crippen LogP contribution in [0, 0.1) is 0 Å². The first-order valence-electron chi connectivity index (χ1n) is 6.23. The normalized spacial score (nSPS) is 16.9. The molecule has 1 aliphatic rings. The highest BCUT2D eigenvalue weighted by molar-refractivity contribution is 6.35. The van der Waals surface area contributed by atoms with Crippen molar-refractivity contribution in [3.8, 4) is 16.9 Å². The van der Waals surface area contributed by atoms with Crippen molar-refractivity contribution in [2.45, 2.75) is 12.5 Å². The third-order valence-electron chi connectivity index (χ3n) is 3.34. The van der Waals surface area contributed by atoms with Crippen molar-refractivity contribution in [1.29, 1.82) is 0 Å². The first kappa shape index (κ1) is 14.0. The SMILES string of the molecule is NC[C@H]1Cc2cc(Cl)cc(-c3cc(Cl)ccc3Cl)c2O1. The first-order chi connectivity index (χ1) is 9.58. The highest BCUT2D eigenvalue weighted by atomic mass is 35.5. The van der Waals surface area contributed by atoms with Crippen LogP contribution in [0.25, 0.3) is 11.1 Å². The Labute approximate surface area is 132 Å². The maximum absolute atomic E-state index is 6.27. The van der Waals surface area contributed by atoms with Gasteiger partial charge < -0.3 is 10.5 Å². The summed E-state index contributed by atoms with van der Waals surface area (Å²) >= 11 is 18.5. The number of nitrogens with two attached hydrogens (primary N) is 1. The maximum Gasteiger partial charge on any atom is 0.131 e. The molecule has 1 aliphatic heterocycles. The van der Waals surface area contributed by atoms with Gasteiger partial charge in [-0.3, -0.25) is 0 Å². The molecule has 0 amide bonds. The van der Waals surface area contributed by atoms with Crippen molar-refractivity contribution in [3.05, 3.63) is 51.0 Å². The molecule has 5 heteroatoms. The number of hydrogen-bond donors (Lipinski definition) is 1. The lowest BCUT2D eigenvalue weighted by Crippen LogP contribution is -2.24. The molecule has 0 aromatic heterocycles. The lowest BCUT2D eigenvalue weighted by atomic mass is 10.0. The summed E-state index contributed by atoms with van der Waals surface area (Å²) in [6.45, 7) is 0.467. The Balaban J connectivity index is 2.18. The second kappa shape index (κ2) is 5.45. The third kappa shape index (κ3) is 2.49. The van der Waals surface area contributed by atoms with Crippen molar-refractivity contribution < 1.29 is 4.74 Å². The van der Waals surface area contributed by atoms with Crippen LogP contribution in [0.3, 0.4) is 0 Å². The Morgan fingerprint density at radius 3 is 2.55 bits per heavy atom. The second-order valence-corrected chi connectivity index (χ2v) is 6.03. The van der Waals surface area contributed by atoms with E-state index in [4.69, 9.17) is 45.3 Å². The van der Waals surface area contributed by atoms with Gasteiger partial charge in [-0.25, -0.2) is 0 Å². The smallest absolute Gasteiger partial charge is 0.131 e. The Hall–Kier alpha value is -0.930. The van der Waals surface area contributed by atoms with E-state index in [-0.39, 0.29) is 6.10 Å². The molecule has 0 fully saturated rings. The van der Waals surface area contributed by atoms with E-state index in [0.29, 0.717) is 21.6 Å². The van der Waals surface area contributed by atoms with Crippen LogP contribution in [0.2, 0.25) is 15.1 Å². The average Bonchev–Trinajstić information content (AvgIpc) is 2.83. The van der Waals surface area contributed by atoms with Crippen LogP contribution in [0.1, 0.15) is 5.56 Å². The largest absolute Gasteiger partial charge is 0.488 e. The minimum Gasteiger partial charge on any atom is -0.488 e. The zero-order valence-corrected chi connectivity index (χ0v) is 12.8. The van der Waals surface area contributed by atoms with Gasteiger partial charge in [0.1, 0.15) is 11.9 Å². The maximum atomic E-state index is 6.27. The molecular weight excluding hydrogens is 317 g/mol. The molecule has 2 N–H and O–H groups in total. The van der Waals surface area contributed by atoms with Gasteiger partial charge in [-0.2, -0.15) is 0 Å². The Kier molecular flexibility index (Phi) is 3.83. The van der Waals surface area contributed by atoms with Gasteiger partial charge in [0.15, 0.2) is 0 Å². The summed E-state index contributed by atoms with van der Waals surface area (Å²) in [6.07, 6.45) is 0.748. The summed E-state index contributed by atoms with van der Waals surface area (Å²) in [7, 11) is 0. The van der Waals surface area contributed by atoms with Crippen LogP contribution in [-0.4, -0.2) is 12.6 Å². The van der Waals surface area contributed by atoms with Gasteiger partial charge in [0.2, 0.25) is 0 Å². The van der Waals surface area contributed by atoms with E-state index in [0.717, 1.165) is 28.9 Å². The summed E-state index contributed by atoms with van der Waals surface area (Å²) in [5, 5.41) is 1.88. The number of rotatable bonds is 2. The average molecular weight is 329 g/mol.